The van der Waals surface area contributed by atoms with E-state index in [1.165, 1.54) is 38.6 Å². The summed E-state index contributed by atoms with van der Waals surface area (Å²) in [6, 6.07) is 4.50. The number of fused-ring (bicyclic) bond motifs is 1. The third-order valence-electron chi connectivity index (χ3n) is 4.80. The van der Waals surface area contributed by atoms with E-state index < -0.39 is 0 Å². The minimum absolute atomic E-state index is 0.0373. The lowest BCUT2D eigenvalue weighted by molar-refractivity contribution is 0.106. The Morgan fingerprint density at radius 2 is 2.10 bits per heavy atom. The van der Waals surface area contributed by atoms with Crippen LogP contribution in [0, 0.1) is 5.92 Å². The Labute approximate surface area is 125 Å². The summed E-state index contributed by atoms with van der Waals surface area (Å²) < 4.78 is 5.19. The van der Waals surface area contributed by atoms with Crippen molar-refractivity contribution in [2.75, 3.05) is 13.7 Å². The molecule has 2 aliphatic rings. The summed E-state index contributed by atoms with van der Waals surface area (Å²) in [5.74, 6) is 1.39. The highest BCUT2D eigenvalue weighted by Gasteiger charge is 2.34. The molecule has 1 aliphatic heterocycles. The van der Waals surface area contributed by atoms with Gasteiger partial charge in [-0.3, -0.25) is 4.90 Å². The minimum Gasteiger partial charge on any atom is -0.503 e. The topological polar surface area (TPSA) is 32.7 Å². The van der Waals surface area contributed by atoms with E-state index in [4.69, 9.17) is 16.3 Å². The SMILES string of the molecule is COc1cc(CN2CCCC3CCCC32)cc(Cl)c1O. The molecular formula is C16H22ClNO2. The van der Waals surface area contributed by atoms with E-state index in [1.54, 1.807) is 7.11 Å². The number of nitrogens with zero attached hydrogens (tertiary/aromatic N) is 1. The van der Waals surface area contributed by atoms with Gasteiger partial charge in [0.1, 0.15) is 0 Å². The molecular weight excluding hydrogens is 274 g/mol. The standard InChI is InChI=1S/C16H22ClNO2/c1-20-15-9-11(8-13(17)16(15)19)10-18-7-3-5-12-4-2-6-14(12)18/h8-9,12,14,19H,2-7,10H2,1H3. The van der Waals surface area contributed by atoms with Gasteiger partial charge in [-0.2, -0.15) is 0 Å². The fourth-order valence-electron chi connectivity index (χ4n) is 3.86. The number of aromatic hydroxyl groups is 1. The highest BCUT2D eigenvalue weighted by atomic mass is 35.5. The molecule has 0 bridgehead atoms. The number of likely N-dealkylation sites (tertiary alicyclic amines) is 1. The van der Waals surface area contributed by atoms with Crippen molar-refractivity contribution in [3.8, 4) is 11.5 Å². The third kappa shape index (κ3) is 2.61. The molecule has 0 spiro atoms. The van der Waals surface area contributed by atoms with E-state index in [0.717, 1.165) is 24.1 Å². The van der Waals surface area contributed by atoms with Gasteiger partial charge in [0.2, 0.25) is 0 Å². The Balaban J connectivity index is 1.78. The van der Waals surface area contributed by atoms with Gasteiger partial charge in [0.25, 0.3) is 0 Å². The number of rotatable bonds is 3. The van der Waals surface area contributed by atoms with Gasteiger partial charge in [-0.05, 0) is 55.8 Å². The number of piperidine rings is 1. The van der Waals surface area contributed by atoms with Crippen molar-refractivity contribution in [1.29, 1.82) is 0 Å². The van der Waals surface area contributed by atoms with Gasteiger partial charge in [0, 0.05) is 12.6 Å². The van der Waals surface area contributed by atoms with E-state index in [2.05, 4.69) is 4.90 Å². The Hall–Kier alpha value is -0.930. The van der Waals surface area contributed by atoms with Crippen LogP contribution in [0.5, 0.6) is 11.5 Å². The number of phenolic OH excluding ortho intramolecular Hbond substituents is 1. The first-order valence-electron chi connectivity index (χ1n) is 7.48. The molecule has 1 aromatic rings. The second kappa shape index (κ2) is 5.82. The first-order chi connectivity index (χ1) is 9.69. The molecule has 1 saturated carbocycles. The van der Waals surface area contributed by atoms with Crippen LogP contribution in [0.4, 0.5) is 0 Å². The molecule has 110 valence electrons. The molecule has 1 aliphatic carbocycles. The fraction of sp³-hybridized carbons (Fsp3) is 0.625. The first kappa shape index (κ1) is 14.0. The van der Waals surface area contributed by atoms with Crippen LogP contribution in [0.1, 0.15) is 37.7 Å². The van der Waals surface area contributed by atoms with Crippen LogP contribution in [0.15, 0.2) is 12.1 Å². The van der Waals surface area contributed by atoms with Gasteiger partial charge in [0.15, 0.2) is 11.5 Å². The van der Waals surface area contributed by atoms with Crippen LogP contribution >= 0.6 is 11.6 Å². The van der Waals surface area contributed by atoms with E-state index in [9.17, 15) is 5.11 Å². The molecule has 3 rings (SSSR count). The predicted octanol–water partition coefficient (Wildman–Crippen LogP) is 3.82. The molecule has 1 saturated heterocycles. The highest BCUT2D eigenvalue weighted by Crippen LogP contribution is 2.39. The molecule has 1 aromatic carbocycles. The molecule has 1 heterocycles. The normalized spacial score (nSPS) is 26.5. The van der Waals surface area contributed by atoms with Crippen LogP contribution < -0.4 is 4.74 Å². The first-order valence-corrected chi connectivity index (χ1v) is 7.86. The summed E-state index contributed by atoms with van der Waals surface area (Å²) in [4.78, 5) is 2.59. The van der Waals surface area contributed by atoms with E-state index in [-0.39, 0.29) is 5.75 Å². The third-order valence-corrected chi connectivity index (χ3v) is 5.09. The summed E-state index contributed by atoms with van der Waals surface area (Å²) in [6.45, 7) is 2.07. The monoisotopic (exact) mass is 295 g/mol. The van der Waals surface area contributed by atoms with Crippen molar-refractivity contribution in [3.63, 3.8) is 0 Å². The summed E-state index contributed by atoms with van der Waals surface area (Å²) in [7, 11) is 1.56. The van der Waals surface area contributed by atoms with Gasteiger partial charge in [-0.1, -0.05) is 18.0 Å². The zero-order valence-corrected chi connectivity index (χ0v) is 12.7. The van der Waals surface area contributed by atoms with E-state index in [1.807, 2.05) is 12.1 Å². The maximum atomic E-state index is 9.81. The Kier molecular flexibility index (Phi) is 4.08. The van der Waals surface area contributed by atoms with E-state index >= 15 is 0 Å². The summed E-state index contributed by atoms with van der Waals surface area (Å²) in [5, 5.41) is 10.2. The maximum Gasteiger partial charge on any atom is 0.176 e. The molecule has 4 heteroatoms. The summed E-state index contributed by atoms with van der Waals surface area (Å²) in [6.07, 6.45) is 6.77. The number of methoxy groups -OCH3 is 1. The number of hydrogen-bond acceptors (Lipinski definition) is 3. The fourth-order valence-corrected chi connectivity index (χ4v) is 4.10. The predicted molar refractivity (Wildman–Crippen MR) is 80.4 cm³/mol. The Morgan fingerprint density at radius 3 is 2.90 bits per heavy atom. The average molecular weight is 296 g/mol. The van der Waals surface area contributed by atoms with Crippen LogP contribution in [-0.4, -0.2) is 29.7 Å². The Morgan fingerprint density at radius 1 is 1.30 bits per heavy atom. The second-order valence-electron chi connectivity index (χ2n) is 6.00. The number of hydrogen-bond donors (Lipinski definition) is 1. The Bertz CT molecular complexity index is 492. The smallest absolute Gasteiger partial charge is 0.176 e. The van der Waals surface area contributed by atoms with Crippen molar-refractivity contribution >= 4 is 11.6 Å². The van der Waals surface area contributed by atoms with Gasteiger partial charge in [-0.25, -0.2) is 0 Å². The lowest BCUT2D eigenvalue weighted by Crippen LogP contribution is -2.41. The molecule has 0 amide bonds. The van der Waals surface area contributed by atoms with Crippen molar-refractivity contribution in [1.82, 2.24) is 4.90 Å². The van der Waals surface area contributed by atoms with Crippen molar-refractivity contribution in [2.45, 2.75) is 44.7 Å². The second-order valence-corrected chi connectivity index (χ2v) is 6.41. The van der Waals surface area contributed by atoms with Gasteiger partial charge >= 0.3 is 0 Å². The van der Waals surface area contributed by atoms with Crippen molar-refractivity contribution in [2.24, 2.45) is 5.92 Å². The molecule has 1 N–H and O–H groups in total. The van der Waals surface area contributed by atoms with E-state index in [0.29, 0.717) is 10.8 Å². The summed E-state index contributed by atoms with van der Waals surface area (Å²) >= 11 is 6.08. The zero-order chi connectivity index (χ0) is 14.1. The van der Waals surface area contributed by atoms with Crippen molar-refractivity contribution < 1.29 is 9.84 Å². The van der Waals surface area contributed by atoms with Gasteiger partial charge in [-0.15, -0.1) is 0 Å². The van der Waals surface area contributed by atoms with Crippen LogP contribution in [0.2, 0.25) is 5.02 Å². The minimum atomic E-state index is 0.0373. The summed E-state index contributed by atoms with van der Waals surface area (Å²) in [5.41, 5.74) is 1.12. The lowest BCUT2D eigenvalue weighted by Gasteiger charge is -2.37. The quantitative estimate of drug-likeness (QED) is 0.920. The lowest BCUT2D eigenvalue weighted by atomic mass is 9.91. The molecule has 2 unspecified atom stereocenters. The zero-order valence-electron chi connectivity index (χ0n) is 11.9. The van der Waals surface area contributed by atoms with Crippen molar-refractivity contribution in [3.05, 3.63) is 22.7 Å². The maximum absolute atomic E-state index is 9.81. The molecule has 0 aromatic heterocycles. The van der Waals surface area contributed by atoms with Crippen LogP contribution in [-0.2, 0) is 6.54 Å². The number of phenols is 1. The number of benzene rings is 1. The number of halogens is 1. The molecule has 2 fully saturated rings. The van der Waals surface area contributed by atoms with Crippen LogP contribution in [0.3, 0.4) is 0 Å². The average Bonchev–Trinajstić information content (AvgIpc) is 2.92. The largest absolute Gasteiger partial charge is 0.503 e. The molecule has 2 atom stereocenters. The molecule has 3 nitrogen and oxygen atoms in total. The van der Waals surface area contributed by atoms with Gasteiger partial charge < -0.3 is 9.84 Å². The van der Waals surface area contributed by atoms with Gasteiger partial charge in [0.05, 0.1) is 12.1 Å². The van der Waals surface area contributed by atoms with Crippen LogP contribution in [0.25, 0.3) is 0 Å². The highest BCUT2D eigenvalue weighted by molar-refractivity contribution is 6.32. The number of ether oxygens (including phenoxy) is 1. The molecule has 20 heavy (non-hydrogen) atoms. The molecule has 0 radical (unpaired) electrons.